The van der Waals surface area contributed by atoms with Crippen molar-refractivity contribution in [2.75, 3.05) is 32.8 Å². The quantitative estimate of drug-likeness (QED) is 0.835. The van der Waals surface area contributed by atoms with E-state index < -0.39 is 0 Å². The zero-order valence-corrected chi connectivity index (χ0v) is 15.3. The van der Waals surface area contributed by atoms with E-state index in [4.69, 9.17) is 4.74 Å². The number of carbonyl (C=O) groups excluding carboxylic acids is 1. The number of amides is 1. The first-order valence-electron chi connectivity index (χ1n) is 9.44. The number of ether oxygens (including phenoxy) is 1. The Bertz CT molecular complexity index is 774. The monoisotopic (exact) mass is 369 g/mol. The van der Waals surface area contributed by atoms with Gasteiger partial charge in [-0.25, -0.2) is 4.39 Å². The molecule has 0 radical (unpaired) electrons. The van der Waals surface area contributed by atoms with E-state index in [2.05, 4.69) is 9.88 Å². The van der Waals surface area contributed by atoms with Crippen molar-refractivity contribution in [3.8, 4) is 0 Å². The van der Waals surface area contributed by atoms with Gasteiger partial charge in [-0.2, -0.15) is 0 Å². The number of aromatic nitrogens is 1. The number of likely N-dealkylation sites (tertiary alicyclic amines) is 1. The Morgan fingerprint density at radius 3 is 2.59 bits per heavy atom. The van der Waals surface area contributed by atoms with Crippen molar-refractivity contribution in [3.05, 3.63) is 65.7 Å². The average Bonchev–Trinajstić information content (AvgIpc) is 2.72. The number of piperidine rings is 1. The van der Waals surface area contributed by atoms with Crippen LogP contribution in [0, 0.1) is 5.82 Å². The number of hydrogen-bond donors (Lipinski definition) is 0. The summed E-state index contributed by atoms with van der Waals surface area (Å²) in [6.07, 6.45) is 3.39. The number of pyridine rings is 1. The van der Waals surface area contributed by atoms with Crippen LogP contribution in [0.25, 0.3) is 0 Å². The first-order chi connectivity index (χ1) is 13.2. The highest BCUT2D eigenvalue weighted by atomic mass is 19.1. The van der Waals surface area contributed by atoms with Crippen LogP contribution in [0.3, 0.4) is 0 Å². The molecule has 1 aromatic carbocycles. The van der Waals surface area contributed by atoms with Crippen molar-refractivity contribution < 1.29 is 13.9 Å². The molecule has 1 amide bonds. The molecular formula is C21H24FN3O2. The van der Waals surface area contributed by atoms with E-state index in [0.29, 0.717) is 32.0 Å². The molecule has 27 heavy (non-hydrogen) atoms. The van der Waals surface area contributed by atoms with Gasteiger partial charge in [-0.3, -0.25) is 14.7 Å². The predicted molar refractivity (Wildman–Crippen MR) is 99.7 cm³/mol. The minimum atomic E-state index is -0.211. The van der Waals surface area contributed by atoms with E-state index in [1.165, 1.54) is 12.1 Å². The van der Waals surface area contributed by atoms with Crippen molar-refractivity contribution in [1.82, 2.24) is 14.8 Å². The molecular weight excluding hydrogens is 345 g/mol. The van der Waals surface area contributed by atoms with E-state index in [1.807, 2.05) is 29.2 Å². The second-order valence-electron chi connectivity index (χ2n) is 7.33. The van der Waals surface area contributed by atoms with Gasteiger partial charge in [0.05, 0.1) is 13.2 Å². The highest BCUT2D eigenvalue weighted by molar-refractivity contribution is 5.92. The van der Waals surface area contributed by atoms with Crippen molar-refractivity contribution >= 4 is 5.91 Å². The topological polar surface area (TPSA) is 45.7 Å². The molecule has 6 heteroatoms. The van der Waals surface area contributed by atoms with Gasteiger partial charge < -0.3 is 9.64 Å². The number of hydrogen-bond acceptors (Lipinski definition) is 4. The third-order valence-electron chi connectivity index (χ3n) is 5.70. The molecule has 2 fully saturated rings. The summed E-state index contributed by atoms with van der Waals surface area (Å²) in [6, 6.07) is 12.1. The second-order valence-corrected chi connectivity index (χ2v) is 7.33. The van der Waals surface area contributed by atoms with Crippen LogP contribution in [0.4, 0.5) is 4.39 Å². The summed E-state index contributed by atoms with van der Waals surface area (Å²) < 4.78 is 19.0. The SMILES string of the molecule is O=C(c1ccccn1)N1CCC2(CC1)COCCN2Cc1ccc(F)cc1. The van der Waals surface area contributed by atoms with Gasteiger partial charge in [-0.05, 0) is 42.7 Å². The average molecular weight is 369 g/mol. The lowest BCUT2D eigenvalue weighted by molar-refractivity contribution is -0.0958. The zero-order valence-electron chi connectivity index (χ0n) is 15.3. The summed E-state index contributed by atoms with van der Waals surface area (Å²) in [5.41, 5.74) is 1.54. The third kappa shape index (κ3) is 3.87. The molecule has 1 spiro atoms. The maximum atomic E-state index is 13.2. The second kappa shape index (κ2) is 7.74. The molecule has 1 aromatic heterocycles. The van der Waals surface area contributed by atoms with Crippen molar-refractivity contribution in [1.29, 1.82) is 0 Å². The predicted octanol–water partition coefficient (Wildman–Crippen LogP) is 2.73. The molecule has 0 unspecified atom stereocenters. The number of carbonyl (C=O) groups is 1. The lowest BCUT2D eigenvalue weighted by Crippen LogP contribution is -2.61. The molecule has 0 aliphatic carbocycles. The maximum absolute atomic E-state index is 13.2. The van der Waals surface area contributed by atoms with Crippen LogP contribution in [0.2, 0.25) is 0 Å². The molecule has 0 bridgehead atoms. The molecule has 2 saturated heterocycles. The van der Waals surface area contributed by atoms with Gasteiger partial charge in [-0.1, -0.05) is 18.2 Å². The number of rotatable bonds is 3. The van der Waals surface area contributed by atoms with Crippen LogP contribution < -0.4 is 0 Å². The van der Waals surface area contributed by atoms with Crippen LogP contribution in [-0.4, -0.2) is 59.1 Å². The molecule has 142 valence electrons. The summed E-state index contributed by atoms with van der Waals surface area (Å²) in [6.45, 7) is 4.40. The lowest BCUT2D eigenvalue weighted by Gasteiger charge is -2.51. The summed E-state index contributed by atoms with van der Waals surface area (Å²) in [5, 5.41) is 0. The Balaban J connectivity index is 1.44. The number of halogens is 1. The van der Waals surface area contributed by atoms with Crippen LogP contribution in [-0.2, 0) is 11.3 Å². The Kier molecular flexibility index (Phi) is 5.18. The van der Waals surface area contributed by atoms with Crippen LogP contribution in [0.5, 0.6) is 0 Å². The fraction of sp³-hybridized carbons (Fsp3) is 0.429. The first kappa shape index (κ1) is 18.1. The van der Waals surface area contributed by atoms with Crippen molar-refractivity contribution in [3.63, 3.8) is 0 Å². The van der Waals surface area contributed by atoms with Crippen molar-refractivity contribution in [2.45, 2.75) is 24.9 Å². The highest BCUT2D eigenvalue weighted by Crippen LogP contribution is 2.33. The van der Waals surface area contributed by atoms with E-state index in [1.54, 1.807) is 12.3 Å². The van der Waals surface area contributed by atoms with Gasteiger partial charge in [0, 0.05) is 37.9 Å². The van der Waals surface area contributed by atoms with Gasteiger partial charge in [0.25, 0.3) is 5.91 Å². The van der Waals surface area contributed by atoms with Crippen LogP contribution in [0.1, 0.15) is 28.9 Å². The summed E-state index contributed by atoms with van der Waals surface area (Å²) >= 11 is 0. The third-order valence-corrected chi connectivity index (χ3v) is 5.70. The minimum absolute atomic E-state index is 0.00716. The van der Waals surface area contributed by atoms with E-state index in [-0.39, 0.29) is 17.3 Å². The smallest absolute Gasteiger partial charge is 0.272 e. The molecule has 2 aromatic rings. The molecule has 3 heterocycles. The van der Waals surface area contributed by atoms with Gasteiger partial charge in [0.1, 0.15) is 11.5 Å². The Morgan fingerprint density at radius 2 is 1.89 bits per heavy atom. The molecule has 0 atom stereocenters. The lowest BCUT2D eigenvalue weighted by atomic mass is 9.84. The molecule has 0 N–H and O–H groups in total. The van der Waals surface area contributed by atoms with E-state index in [0.717, 1.165) is 31.5 Å². The normalized spacial score (nSPS) is 20.0. The maximum Gasteiger partial charge on any atom is 0.272 e. The van der Waals surface area contributed by atoms with Gasteiger partial charge in [0.15, 0.2) is 0 Å². The molecule has 4 rings (SSSR count). The molecule has 0 saturated carbocycles. The highest BCUT2D eigenvalue weighted by Gasteiger charge is 2.43. The first-order valence-corrected chi connectivity index (χ1v) is 9.44. The van der Waals surface area contributed by atoms with Gasteiger partial charge in [0.2, 0.25) is 0 Å². The van der Waals surface area contributed by atoms with Gasteiger partial charge >= 0.3 is 0 Å². The number of nitrogens with zero attached hydrogens (tertiary/aromatic N) is 3. The minimum Gasteiger partial charge on any atom is -0.378 e. The van der Waals surface area contributed by atoms with Gasteiger partial charge in [-0.15, -0.1) is 0 Å². The molecule has 2 aliphatic rings. The Labute approximate surface area is 158 Å². The molecule has 2 aliphatic heterocycles. The fourth-order valence-electron chi connectivity index (χ4n) is 4.06. The summed E-state index contributed by atoms with van der Waals surface area (Å²) in [5.74, 6) is -0.218. The van der Waals surface area contributed by atoms with Crippen molar-refractivity contribution in [2.24, 2.45) is 0 Å². The van der Waals surface area contributed by atoms with E-state index >= 15 is 0 Å². The summed E-state index contributed by atoms with van der Waals surface area (Å²) in [4.78, 5) is 21.2. The number of morpholine rings is 1. The largest absolute Gasteiger partial charge is 0.378 e. The van der Waals surface area contributed by atoms with Crippen LogP contribution >= 0.6 is 0 Å². The Hall–Kier alpha value is -2.31. The zero-order chi connectivity index (χ0) is 18.7. The Morgan fingerprint density at radius 1 is 1.11 bits per heavy atom. The standard InChI is InChI=1S/C21H24FN3O2/c22-18-6-4-17(5-7-18)15-25-13-14-27-16-21(25)8-11-24(12-9-21)20(26)19-3-1-2-10-23-19/h1-7,10H,8-9,11-16H2. The summed E-state index contributed by atoms with van der Waals surface area (Å²) in [7, 11) is 0. The molecule has 5 nitrogen and oxygen atoms in total. The van der Waals surface area contributed by atoms with Crippen LogP contribution in [0.15, 0.2) is 48.7 Å². The fourth-order valence-corrected chi connectivity index (χ4v) is 4.06. The number of benzene rings is 1. The van der Waals surface area contributed by atoms with E-state index in [9.17, 15) is 9.18 Å².